The lowest BCUT2D eigenvalue weighted by Crippen LogP contribution is -2.13. The molecule has 0 atom stereocenters. The van der Waals surface area contributed by atoms with Crippen LogP contribution in [0.25, 0.3) is 0 Å². The Morgan fingerprint density at radius 3 is 2.57 bits per heavy atom. The lowest BCUT2D eigenvalue weighted by molar-refractivity contribution is -0.115. The van der Waals surface area contributed by atoms with Crippen LogP contribution in [0, 0.1) is 0 Å². The van der Waals surface area contributed by atoms with Gasteiger partial charge in [0.25, 0.3) is 5.91 Å². The molecule has 0 bridgehead atoms. The summed E-state index contributed by atoms with van der Waals surface area (Å²) in [4.78, 5) is 29.4. The molecule has 0 saturated carbocycles. The van der Waals surface area contributed by atoms with Crippen LogP contribution in [0.4, 0.5) is 10.8 Å². The molecule has 1 aromatic carbocycles. The molecule has 3 rings (SSSR count). The Bertz CT molecular complexity index is 698. The summed E-state index contributed by atoms with van der Waals surface area (Å²) in [5.41, 5.74) is 2.37. The fourth-order valence-electron chi connectivity index (χ4n) is 2.53. The Kier molecular flexibility index (Phi) is 4.71. The maximum Gasteiger partial charge on any atom is 0.257 e. The molecule has 0 spiro atoms. The Hall–Kier alpha value is -2.21. The predicted molar refractivity (Wildman–Crippen MR) is 92.1 cm³/mol. The van der Waals surface area contributed by atoms with Gasteiger partial charge in [-0.1, -0.05) is 6.92 Å². The van der Waals surface area contributed by atoms with Crippen molar-refractivity contribution in [3.63, 3.8) is 0 Å². The zero-order valence-electron chi connectivity index (χ0n) is 13.0. The smallest absolute Gasteiger partial charge is 0.257 e. The first-order valence-electron chi connectivity index (χ1n) is 7.85. The number of hydrogen-bond acceptors (Lipinski definition) is 4. The first-order valence-corrected chi connectivity index (χ1v) is 8.67. The van der Waals surface area contributed by atoms with Crippen molar-refractivity contribution in [3.8, 4) is 0 Å². The second-order valence-electron chi connectivity index (χ2n) is 5.53. The molecule has 2 amide bonds. The molecule has 6 heteroatoms. The SMILES string of the molecule is CCC(=O)Nc1ccc(C(=O)Nc2nc3c(s2)CCCC3)cc1. The number of aryl methyl sites for hydroxylation is 2. The summed E-state index contributed by atoms with van der Waals surface area (Å²) in [6.07, 6.45) is 4.88. The van der Waals surface area contributed by atoms with Crippen LogP contribution in [-0.4, -0.2) is 16.8 Å². The van der Waals surface area contributed by atoms with Crippen LogP contribution in [-0.2, 0) is 17.6 Å². The van der Waals surface area contributed by atoms with E-state index in [0.717, 1.165) is 18.5 Å². The highest BCUT2D eigenvalue weighted by molar-refractivity contribution is 7.15. The van der Waals surface area contributed by atoms with Gasteiger partial charge in [0.1, 0.15) is 0 Å². The average molecular weight is 329 g/mol. The van der Waals surface area contributed by atoms with Crippen LogP contribution in [0.2, 0.25) is 0 Å². The molecule has 120 valence electrons. The molecule has 0 fully saturated rings. The number of anilines is 2. The Morgan fingerprint density at radius 1 is 1.13 bits per heavy atom. The lowest BCUT2D eigenvalue weighted by atomic mass is 10.0. The van der Waals surface area contributed by atoms with Crippen LogP contribution in [0.5, 0.6) is 0 Å². The first-order chi connectivity index (χ1) is 11.2. The number of nitrogens with one attached hydrogen (secondary N) is 2. The average Bonchev–Trinajstić information content (AvgIpc) is 2.97. The third-order valence-corrected chi connectivity index (χ3v) is 4.89. The van der Waals surface area contributed by atoms with Crippen molar-refractivity contribution in [2.75, 3.05) is 10.6 Å². The maximum absolute atomic E-state index is 12.3. The van der Waals surface area contributed by atoms with Gasteiger partial charge in [0.2, 0.25) is 5.91 Å². The molecule has 1 aromatic heterocycles. The van der Waals surface area contributed by atoms with Crippen molar-refractivity contribution < 1.29 is 9.59 Å². The Morgan fingerprint density at radius 2 is 1.87 bits per heavy atom. The standard InChI is InChI=1S/C17H19N3O2S/c1-2-15(21)18-12-9-7-11(8-10-12)16(22)20-17-19-13-5-3-4-6-14(13)23-17/h7-10H,2-6H2,1H3,(H,18,21)(H,19,20,22). The number of carbonyl (C=O) groups is 2. The molecule has 2 N–H and O–H groups in total. The lowest BCUT2D eigenvalue weighted by Gasteiger charge is -2.06. The van der Waals surface area contributed by atoms with Gasteiger partial charge in [0, 0.05) is 22.5 Å². The van der Waals surface area contributed by atoms with E-state index in [4.69, 9.17) is 0 Å². The van der Waals surface area contributed by atoms with E-state index < -0.39 is 0 Å². The van der Waals surface area contributed by atoms with E-state index in [2.05, 4.69) is 15.6 Å². The summed E-state index contributed by atoms with van der Waals surface area (Å²) >= 11 is 1.57. The van der Waals surface area contributed by atoms with Crippen molar-refractivity contribution in [3.05, 3.63) is 40.4 Å². The molecule has 1 aliphatic rings. The van der Waals surface area contributed by atoms with E-state index in [9.17, 15) is 9.59 Å². The Balaban J connectivity index is 1.66. The molecular formula is C17H19N3O2S. The number of hydrogen-bond donors (Lipinski definition) is 2. The van der Waals surface area contributed by atoms with Crippen LogP contribution in [0.1, 0.15) is 47.1 Å². The third kappa shape index (κ3) is 3.76. The van der Waals surface area contributed by atoms with Crippen LogP contribution in [0.15, 0.2) is 24.3 Å². The molecule has 2 aromatic rings. The second-order valence-corrected chi connectivity index (χ2v) is 6.61. The molecule has 1 aliphatic carbocycles. The van der Waals surface area contributed by atoms with E-state index in [1.807, 2.05) is 0 Å². The molecule has 0 saturated heterocycles. The molecule has 1 heterocycles. The molecule has 0 radical (unpaired) electrons. The third-order valence-electron chi connectivity index (χ3n) is 3.82. The zero-order chi connectivity index (χ0) is 16.2. The van der Waals surface area contributed by atoms with Gasteiger partial charge in [-0.2, -0.15) is 0 Å². The van der Waals surface area contributed by atoms with Crippen molar-refractivity contribution in [1.82, 2.24) is 4.98 Å². The van der Waals surface area contributed by atoms with Crippen molar-refractivity contribution in [1.29, 1.82) is 0 Å². The van der Waals surface area contributed by atoms with E-state index in [0.29, 0.717) is 22.8 Å². The van der Waals surface area contributed by atoms with E-state index in [-0.39, 0.29) is 11.8 Å². The summed E-state index contributed by atoms with van der Waals surface area (Å²) in [5, 5.41) is 6.30. The van der Waals surface area contributed by atoms with Crippen LogP contribution >= 0.6 is 11.3 Å². The van der Waals surface area contributed by atoms with Crippen molar-refractivity contribution in [2.45, 2.75) is 39.0 Å². The molecule has 5 nitrogen and oxygen atoms in total. The minimum absolute atomic E-state index is 0.0458. The number of nitrogens with zero attached hydrogens (tertiary/aromatic N) is 1. The van der Waals surface area contributed by atoms with E-state index in [1.54, 1.807) is 42.5 Å². The number of benzene rings is 1. The summed E-state index contributed by atoms with van der Waals surface area (Å²) in [6.45, 7) is 1.80. The number of thiazole rings is 1. The summed E-state index contributed by atoms with van der Waals surface area (Å²) in [5.74, 6) is -0.222. The van der Waals surface area contributed by atoms with E-state index in [1.165, 1.54) is 17.7 Å². The highest BCUT2D eigenvalue weighted by Gasteiger charge is 2.16. The summed E-state index contributed by atoms with van der Waals surface area (Å²) in [7, 11) is 0. The normalized spacial score (nSPS) is 13.3. The quantitative estimate of drug-likeness (QED) is 0.900. The maximum atomic E-state index is 12.3. The number of aromatic nitrogens is 1. The predicted octanol–water partition coefficient (Wildman–Crippen LogP) is 3.62. The van der Waals surface area contributed by atoms with Gasteiger partial charge in [-0.15, -0.1) is 11.3 Å². The minimum Gasteiger partial charge on any atom is -0.326 e. The summed E-state index contributed by atoms with van der Waals surface area (Å²) in [6, 6.07) is 6.87. The van der Waals surface area contributed by atoms with Gasteiger partial charge in [-0.3, -0.25) is 14.9 Å². The van der Waals surface area contributed by atoms with Gasteiger partial charge in [-0.25, -0.2) is 4.98 Å². The highest BCUT2D eigenvalue weighted by Crippen LogP contribution is 2.29. The van der Waals surface area contributed by atoms with Crippen molar-refractivity contribution >= 4 is 34.0 Å². The van der Waals surface area contributed by atoms with Crippen LogP contribution < -0.4 is 10.6 Å². The first kappa shape index (κ1) is 15.7. The number of rotatable bonds is 4. The highest BCUT2D eigenvalue weighted by atomic mass is 32.1. The topological polar surface area (TPSA) is 71.1 Å². The second kappa shape index (κ2) is 6.91. The number of carbonyl (C=O) groups excluding carboxylic acids is 2. The Labute approximate surface area is 139 Å². The fraction of sp³-hybridized carbons (Fsp3) is 0.353. The summed E-state index contributed by atoms with van der Waals surface area (Å²) < 4.78 is 0. The van der Waals surface area contributed by atoms with Gasteiger partial charge < -0.3 is 5.32 Å². The zero-order valence-corrected chi connectivity index (χ0v) is 13.8. The monoisotopic (exact) mass is 329 g/mol. The number of amides is 2. The van der Waals surface area contributed by atoms with Gasteiger partial charge >= 0.3 is 0 Å². The number of fused-ring (bicyclic) bond motifs is 1. The molecule has 23 heavy (non-hydrogen) atoms. The molecular weight excluding hydrogens is 310 g/mol. The molecule has 0 aliphatic heterocycles. The largest absolute Gasteiger partial charge is 0.326 e. The van der Waals surface area contributed by atoms with E-state index >= 15 is 0 Å². The fourth-order valence-corrected chi connectivity index (χ4v) is 3.57. The van der Waals surface area contributed by atoms with Gasteiger partial charge in [0.15, 0.2) is 5.13 Å². The van der Waals surface area contributed by atoms with Gasteiger partial charge in [0.05, 0.1) is 5.69 Å². The van der Waals surface area contributed by atoms with Crippen LogP contribution in [0.3, 0.4) is 0 Å². The minimum atomic E-state index is -0.176. The van der Waals surface area contributed by atoms with Gasteiger partial charge in [-0.05, 0) is 49.9 Å². The molecule has 0 unspecified atom stereocenters. The van der Waals surface area contributed by atoms with Crippen molar-refractivity contribution in [2.24, 2.45) is 0 Å².